The van der Waals surface area contributed by atoms with Crippen molar-refractivity contribution in [2.24, 2.45) is 0 Å². The molecule has 2 aromatic carbocycles. The molecule has 0 saturated carbocycles. The minimum absolute atomic E-state index is 0.0393. The van der Waals surface area contributed by atoms with E-state index in [1.807, 2.05) is 0 Å². The quantitative estimate of drug-likeness (QED) is 0.542. The van der Waals surface area contributed by atoms with Gasteiger partial charge in [-0.1, -0.05) is 52.5 Å². The number of carbonyl (C=O) groups excluding carboxylic acids is 2. The molecular weight excluding hydrogens is 520 g/mol. The molecule has 174 valence electrons. The lowest BCUT2D eigenvalue weighted by atomic mass is 10.1. The van der Waals surface area contributed by atoms with Gasteiger partial charge in [0, 0.05) is 23.6 Å². The molecule has 1 N–H and O–H groups in total. The Labute approximate surface area is 207 Å². The fourth-order valence-electron chi connectivity index (χ4n) is 2.88. The van der Waals surface area contributed by atoms with Crippen LogP contribution in [0.4, 0.5) is 5.69 Å². The molecule has 0 spiro atoms. The smallest absolute Gasteiger partial charge is 0.244 e. The first-order valence-electron chi connectivity index (χ1n) is 9.23. The minimum atomic E-state index is -3.87. The standard InChI is InChI=1S/C20H21Cl4N3O4S/c1-12(20(29)25-2)26(10-13-4-5-14(21)8-17(13)23)19(28)11-27(32(3,30)31)15-6-7-16(22)18(24)9-15/h4-9,12H,10-11H2,1-3H3,(H,25,29). The summed E-state index contributed by atoms with van der Waals surface area (Å²) in [6.07, 6.45) is 0.964. The summed E-state index contributed by atoms with van der Waals surface area (Å²) < 4.78 is 25.8. The molecule has 1 unspecified atom stereocenters. The van der Waals surface area contributed by atoms with Crippen molar-refractivity contribution in [1.82, 2.24) is 10.2 Å². The number of sulfonamides is 1. The summed E-state index contributed by atoms with van der Waals surface area (Å²) in [5.74, 6) is -1.05. The number of amides is 2. The summed E-state index contributed by atoms with van der Waals surface area (Å²) in [4.78, 5) is 26.8. The van der Waals surface area contributed by atoms with Crippen molar-refractivity contribution in [1.29, 1.82) is 0 Å². The molecule has 32 heavy (non-hydrogen) atoms. The van der Waals surface area contributed by atoms with E-state index in [0.717, 1.165) is 10.6 Å². The molecule has 0 heterocycles. The maximum Gasteiger partial charge on any atom is 0.244 e. The largest absolute Gasteiger partial charge is 0.357 e. The van der Waals surface area contributed by atoms with E-state index in [-0.39, 0.29) is 22.3 Å². The molecule has 12 heteroatoms. The molecule has 0 aliphatic carbocycles. The van der Waals surface area contributed by atoms with Crippen molar-refractivity contribution in [3.05, 3.63) is 62.1 Å². The van der Waals surface area contributed by atoms with E-state index >= 15 is 0 Å². The van der Waals surface area contributed by atoms with Gasteiger partial charge in [-0.2, -0.15) is 0 Å². The zero-order chi connectivity index (χ0) is 24.2. The van der Waals surface area contributed by atoms with Crippen molar-refractivity contribution in [3.8, 4) is 0 Å². The van der Waals surface area contributed by atoms with E-state index in [1.165, 1.54) is 43.1 Å². The number of benzene rings is 2. The minimum Gasteiger partial charge on any atom is -0.357 e. The Morgan fingerprint density at radius 3 is 2.19 bits per heavy atom. The summed E-state index contributed by atoms with van der Waals surface area (Å²) in [5.41, 5.74) is 0.702. The van der Waals surface area contributed by atoms with Crippen LogP contribution in [-0.4, -0.2) is 51.0 Å². The monoisotopic (exact) mass is 539 g/mol. The van der Waals surface area contributed by atoms with Crippen molar-refractivity contribution in [2.75, 3.05) is 24.2 Å². The highest BCUT2D eigenvalue weighted by Crippen LogP contribution is 2.29. The van der Waals surface area contributed by atoms with Crippen LogP contribution in [0.3, 0.4) is 0 Å². The predicted molar refractivity (Wildman–Crippen MR) is 129 cm³/mol. The molecule has 0 fully saturated rings. The number of carbonyl (C=O) groups is 2. The fourth-order valence-corrected chi connectivity index (χ4v) is 4.48. The fraction of sp³-hybridized carbons (Fsp3) is 0.300. The number of hydrogen-bond donors (Lipinski definition) is 1. The first-order chi connectivity index (χ1) is 14.8. The van der Waals surface area contributed by atoms with Gasteiger partial charge in [0.1, 0.15) is 12.6 Å². The van der Waals surface area contributed by atoms with Crippen LogP contribution in [0, 0.1) is 0 Å². The number of likely N-dealkylation sites (N-methyl/N-ethyl adjacent to an activating group) is 1. The van der Waals surface area contributed by atoms with E-state index in [9.17, 15) is 18.0 Å². The van der Waals surface area contributed by atoms with Gasteiger partial charge in [0.15, 0.2) is 0 Å². The Morgan fingerprint density at radius 2 is 1.66 bits per heavy atom. The lowest BCUT2D eigenvalue weighted by Crippen LogP contribution is -2.50. The Hall–Kier alpha value is -1.71. The second-order valence-electron chi connectivity index (χ2n) is 6.92. The van der Waals surface area contributed by atoms with E-state index in [2.05, 4.69) is 5.32 Å². The maximum atomic E-state index is 13.3. The molecule has 0 aliphatic rings. The Kier molecular flexibility index (Phi) is 9.07. The van der Waals surface area contributed by atoms with Gasteiger partial charge < -0.3 is 10.2 Å². The summed E-state index contributed by atoms with van der Waals surface area (Å²) in [6, 6.07) is 8.06. The molecule has 0 aromatic heterocycles. The van der Waals surface area contributed by atoms with Crippen LogP contribution < -0.4 is 9.62 Å². The normalized spacial score (nSPS) is 12.2. The van der Waals surface area contributed by atoms with Gasteiger partial charge >= 0.3 is 0 Å². The van der Waals surface area contributed by atoms with E-state index in [1.54, 1.807) is 12.1 Å². The van der Waals surface area contributed by atoms with Crippen molar-refractivity contribution >= 4 is 73.9 Å². The van der Waals surface area contributed by atoms with Gasteiger partial charge in [-0.25, -0.2) is 8.42 Å². The third kappa shape index (κ3) is 6.65. The van der Waals surface area contributed by atoms with E-state index < -0.39 is 34.4 Å². The molecule has 2 aromatic rings. The van der Waals surface area contributed by atoms with Crippen LogP contribution >= 0.6 is 46.4 Å². The second-order valence-corrected chi connectivity index (χ2v) is 10.5. The lowest BCUT2D eigenvalue weighted by Gasteiger charge is -2.31. The third-order valence-corrected chi connectivity index (χ3v) is 7.11. The summed E-state index contributed by atoms with van der Waals surface area (Å²) in [6.45, 7) is 0.927. The predicted octanol–water partition coefficient (Wildman–Crippen LogP) is 4.23. The average molecular weight is 541 g/mol. The molecule has 0 bridgehead atoms. The Balaban J connectivity index is 2.43. The molecular formula is C20H21Cl4N3O4S. The molecule has 7 nitrogen and oxygen atoms in total. The first-order valence-corrected chi connectivity index (χ1v) is 12.6. The van der Waals surface area contributed by atoms with Crippen LogP contribution in [0.2, 0.25) is 20.1 Å². The van der Waals surface area contributed by atoms with Gasteiger partial charge in [0.2, 0.25) is 21.8 Å². The van der Waals surface area contributed by atoms with Crippen molar-refractivity contribution in [2.45, 2.75) is 19.5 Å². The van der Waals surface area contributed by atoms with Crippen LogP contribution in [0.15, 0.2) is 36.4 Å². The summed E-state index contributed by atoms with van der Waals surface area (Å²) in [7, 11) is -2.43. The van der Waals surface area contributed by atoms with Gasteiger partial charge in [-0.05, 0) is 42.8 Å². The SMILES string of the molecule is CNC(=O)C(C)N(Cc1ccc(Cl)cc1Cl)C(=O)CN(c1ccc(Cl)c(Cl)c1)S(C)(=O)=O. The molecule has 1 atom stereocenters. The zero-order valence-electron chi connectivity index (χ0n) is 17.4. The van der Waals surface area contributed by atoms with Crippen molar-refractivity contribution in [3.63, 3.8) is 0 Å². The first kappa shape index (κ1) is 26.5. The number of anilines is 1. The van der Waals surface area contributed by atoms with Gasteiger partial charge in [0.25, 0.3) is 0 Å². The van der Waals surface area contributed by atoms with E-state index in [0.29, 0.717) is 15.6 Å². The zero-order valence-corrected chi connectivity index (χ0v) is 21.2. The van der Waals surface area contributed by atoms with Crippen LogP contribution in [0.25, 0.3) is 0 Å². The highest BCUT2D eigenvalue weighted by Gasteiger charge is 2.30. The number of nitrogens with zero attached hydrogens (tertiary/aromatic N) is 2. The number of nitrogens with one attached hydrogen (secondary N) is 1. The molecule has 2 amide bonds. The Morgan fingerprint density at radius 1 is 1.00 bits per heavy atom. The molecule has 0 aliphatic heterocycles. The molecule has 2 rings (SSSR count). The highest BCUT2D eigenvalue weighted by molar-refractivity contribution is 7.92. The maximum absolute atomic E-state index is 13.3. The van der Waals surface area contributed by atoms with E-state index in [4.69, 9.17) is 46.4 Å². The van der Waals surface area contributed by atoms with Gasteiger partial charge in [-0.15, -0.1) is 0 Å². The summed E-state index contributed by atoms with van der Waals surface area (Å²) in [5, 5.41) is 3.58. The average Bonchev–Trinajstić information content (AvgIpc) is 2.71. The number of rotatable bonds is 8. The van der Waals surface area contributed by atoms with Crippen LogP contribution in [-0.2, 0) is 26.2 Å². The topological polar surface area (TPSA) is 86.8 Å². The number of hydrogen-bond acceptors (Lipinski definition) is 4. The third-order valence-electron chi connectivity index (χ3n) is 4.64. The van der Waals surface area contributed by atoms with Crippen LogP contribution in [0.5, 0.6) is 0 Å². The Bertz CT molecular complexity index is 1130. The van der Waals surface area contributed by atoms with Crippen molar-refractivity contribution < 1.29 is 18.0 Å². The number of halogens is 4. The highest BCUT2D eigenvalue weighted by atomic mass is 35.5. The molecule has 0 saturated heterocycles. The lowest BCUT2D eigenvalue weighted by molar-refractivity contribution is -0.139. The van der Waals surface area contributed by atoms with Gasteiger partial charge in [0.05, 0.1) is 22.0 Å². The second kappa shape index (κ2) is 10.9. The van der Waals surface area contributed by atoms with Crippen LogP contribution in [0.1, 0.15) is 12.5 Å². The molecule has 0 radical (unpaired) electrons. The van der Waals surface area contributed by atoms with Gasteiger partial charge in [-0.3, -0.25) is 13.9 Å². The summed E-state index contributed by atoms with van der Waals surface area (Å²) >= 11 is 24.1.